The van der Waals surface area contributed by atoms with Gasteiger partial charge < -0.3 is 14.6 Å². The van der Waals surface area contributed by atoms with Gasteiger partial charge in [0.15, 0.2) is 11.9 Å². The van der Waals surface area contributed by atoms with Crippen molar-refractivity contribution in [3.8, 4) is 28.3 Å². The Balaban J connectivity index is 1.34. The topological polar surface area (TPSA) is 84.8 Å². The molecule has 3 aromatic rings. The Morgan fingerprint density at radius 1 is 0.944 bits per heavy atom. The van der Waals surface area contributed by atoms with Crippen LogP contribution in [0.25, 0.3) is 22.5 Å². The SMILES string of the molecule is CCCCCCCCOc1ccc(-c2cnc(-c3cccc(C(CC)C4OC4C(=O)O)c3)nc2)cc1. The fourth-order valence-corrected chi connectivity index (χ4v) is 4.64. The van der Waals surface area contributed by atoms with Gasteiger partial charge >= 0.3 is 5.97 Å². The standard InChI is InChI=1S/C30H36N2O4/c1-3-5-6-7-8-9-17-35-25-15-13-21(14-16-25)24-19-31-29(32-20-24)23-12-10-11-22(18-23)26(4-2)27-28(36-27)30(33)34/h10-16,18-20,26-28H,3-9,17H2,1-2H3,(H,33,34). The summed E-state index contributed by atoms with van der Waals surface area (Å²) in [5.74, 6) is 0.663. The van der Waals surface area contributed by atoms with Gasteiger partial charge in [-0.3, -0.25) is 0 Å². The molecule has 3 atom stereocenters. The van der Waals surface area contributed by atoms with E-state index in [2.05, 4.69) is 16.9 Å². The summed E-state index contributed by atoms with van der Waals surface area (Å²) in [7, 11) is 0. The Bertz CT molecular complexity index is 1110. The lowest BCUT2D eigenvalue weighted by molar-refractivity contribution is -0.138. The molecular formula is C30H36N2O4. The smallest absolute Gasteiger partial charge is 0.335 e. The molecule has 0 radical (unpaired) electrons. The van der Waals surface area contributed by atoms with Crippen LogP contribution < -0.4 is 4.74 Å². The molecule has 0 saturated carbocycles. The van der Waals surface area contributed by atoms with Crippen LogP contribution in [-0.4, -0.2) is 39.9 Å². The molecule has 6 nitrogen and oxygen atoms in total. The summed E-state index contributed by atoms with van der Waals surface area (Å²) in [6, 6.07) is 16.1. The second-order valence-electron chi connectivity index (χ2n) is 9.44. The number of nitrogens with zero attached hydrogens (tertiary/aromatic N) is 2. The summed E-state index contributed by atoms with van der Waals surface area (Å²) in [5, 5.41) is 9.21. The fraction of sp³-hybridized carbons (Fsp3) is 0.433. The zero-order valence-electron chi connectivity index (χ0n) is 21.2. The lowest BCUT2D eigenvalue weighted by Crippen LogP contribution is -2.14. The van der Waals surface area contributed by atoms with Crippen LogP contribution in [0.4, 0.5) is 0 Å². The molecule has 36 heavy (non-hydrogen) atoms. The highest BCUT2D eigenvalue weighted by Gasteiger charge is 2.49. The van der Waals surface area contributed by atoms with Crippen molar-refractivity contribution in [2.45, 2.75) is 76.9 Å². The van der Waals surface area contributed by atoms with Crippen molar-refractivity contribution in [2.24, 2.45) is 0 Å². The molecule has 1 aromatic heterocycles. The van der Waals surface area contributed by atoms with E-state index in [9.17, 15) is 9.90 Å². The van der Waals surface area contributed by atoms with Crippen LogP contribution in [0.3, 0.4) is 0 Å². The minimum absolute atomic E-state index is 0.0344. The fourth-order valence-electron chi connectivity index (χ4n) is 4.64. The van der Waals surface area contributed by atoms with Gasteiger partial charge in [0.2, 0.25) is 0 Å². The number of rotatable bonds is 14. The zero-order chi connectivity index (χ0) is 25.3. The number of carbonyl (C=O) groups is 1. The molecular weight excluding hydrogens is 452 g/mol. The normalized spacial score (nSPS) is 17.5. The molecule has 0 bridgehead atoms. The average Bonchev–Trinajstić information content (AvgIpc) is 3.70. The molecule has 1 aliphatic heterocycles. The minimum atomic E-state index is -0.897. The molecule has 6 heteroatoms. The third kappa shape index (κ3) is 6.70. The maximum absolute atomic E-state index is 11.2. The summed E-state index contributed by atoms with van der Waals surface area (Å²) >= 11 is 0. The molecule has 1 saturated heterocycles. The van der Waals surface area contributed by atoms with Crippen molar-refractivity contribution in [3.63, 3.8) is 0 Å². The first-order valence-electron chi connectivity index (χ1n) is 13.1. The monoisotopic (exact) mass is 488 g/mol. The van der Waals surface area contributed by atoms with Gasteiger partial charge in [-0.25, -0.2) is 14.8 Å². The highest BCUT2D eigenvalue weighted by Crippen LogP contribution is 2.39. The number of ether oxygens (including phenoxy) is 2. The van der Waals surface area contributed by atoms with E-state index < -0.39 is 12.1 Å². The molecule has 3 unspecified atom stereocenters. The molecule has 2 heterocycles. The Morgan fingerprint density at radius 3 is 2.33 bits per heavy atom. The average molecular weight is 489 g/mol. The van der Waals surface area contributed by atoms with E-state index in [1.807, 2.05) is 67.8 Å². The summed E-state index contributed by atoms with van der Waals surface area (Å²) in [6.45, 7) is 5.04. The molecule has 4 rings (SSSR count). The second kappa shape index (κ2) is 12.6. The van der Waals surface area contributed by atoms with Gasteiger partial charge in [-0.2, -0.15) is 0 Å². The van der Waals surface area contributed by atoms with E-state index in [-0.39, 0.29) is 12.0 Å². The molecule has 1 aliphatic rings. The summed E-state index contributed by atoms with van der Waals surface area (Å²) in [4.78, 5) is 20.4. The van der Waals surface area contributed by atoms with Crippen molar-refractivity contribution < 1.29 is 19.4 Å². The van der Waals surface area contributed by atoms with Crippen molar-refractivity contribution in [2.75, 3.05) is 6.61 Å². The quantitative estimate of drug-likeness (QED) is 0.196. The van der Waals surface area contributed by atoms with Crippen LogP contribution in [-0.2, 0) is 9.53 Å². The number of carboxylic acids is 1. The van der Waals surface area contributed by atoms with Crippen molar-refractivity contribution >= 4 is 5.97 Å². The van der Waals surface area contributed by atoms with E-state index in [4.69, 9.17) is 9.47 Å². The number of aliphatic carboxylic acids is 1. The number of benzene rings is 2. The molecule has 0 amide bonds. The Kier molecular flexibility index (Phi) is 9.06. The molecule has 1 fully saturated rings. The Hall–Kier alpha value is -3.25. The number of aromatic nitrogens is 2. The second-order valence-corrected chi connectivity index (χ2v) is 9.44. The van der Waals surface area contributed by atoms with Crippen molar-refractivity contribution in [1.82, 2.24) is 9.97 Å². The maximum atomic E-state index is 11.2. The van der Waals surface area contributed by atoms with Gasteiger partial charge in [0.1, 0.15) is 11.9 Å². The third-order valence-electron chi connectivity index (χ3n) is 6.78. The predicted molar refractivity (Wildman–Crippen MR) is 141 cm³/mol. The van der Waals surface area contributed by atoms with Crippen LogP contribution in [0, 0.1) is 0 Å². The first kappa shape index (κ1) is 25.8. The van der Waals surface area contributed by atoms with Gasteiger partial charge in [0.05, 0.1) is 6.61 Å². The number of carboxylic acid groups (broad SMARTS) is 1. The van der Waals surface area contributed by atoms with E-state index in [1.165, 1.54) is 32.1 Å². The maximum Gasteiger partial charge on any atom is 0.335 e. The highest BCUT2D eigenvalue weighted by molar-refractivity contribution is 5.76. The lowest BCUT2D eigenvalue weighted by atomic mass is 9.90. The predicted octanol–water partition coefficient (Wildman–Crippen LogP) is 6.90. The van der Waals surface area contributed by atoms with Gasteiger partial charge in [-0.1, -0.05) is 76.3 Å². The Labute approximate surface area is 213 Å². The molecule has 1 N–H and O–H groups in total. The lowest BCUT2D eigenvalue weighted by Gasteiger charge is -2.14. The highest BCUT2D eigenvalue weighted by atomic mass is 16.6. The first-order valence-corrected chi connectivity index (χ1v) is 13.1. The van der Waals surface area contributed by atoms with E-state index >= 15 is 0 Å². The van der Waals surface area contributed by atoms with Gasteiger partial charge in [-0.05, 0) is 42.2 Å². The zero-order valence-corrected chi connectivity index (χ0v) is 21.2. The largest absolute Gasteiger partial charge is 0.494 e. The molecule has 0 aliphatic carbocycles. The van der Waals surface area contributed by atoms with Gasteiger partial charge in [0, 0.05) is 29.4 Å². The molecule has 2 aromatic carbocycles. The minimum Gasteiger partial charge on any atom is -0.494 e. The third-order valence-corrected chi connectivity index (χ3v) is 6.78. The Morgan fingerprint density at radius 2 is 1.67 bits per heavy atom. The first-order chi connectivity index (χ1) is 17.6. The number of epoxide rings is 1. The van der Waals surface area contributed by atoms with Gasteiger partial charge in [0.25, 0.3) is 0 Å². The van der Waals surface area contributed by atoms with Crippen LogP contribution in [0.1, 0.15) is 70.3 Å². The number of hydrogen-bond donors (Lipinski definition) is 1. The molecule has 190 valence electrons. The van der Waals surface area contributed by atoms with Crippen molar-refractivity contribution in [1.29, 1.82) is 0 Å². The van der Waals surface area contributed by atoms with E-state index in [1.54, 1.807) is 0 Å². The molecule has 0 spiro atoms. The summed E-state index contributed by atoms with van der Waals surface area (Å²) in [5.41, 5.74) is 3.94. The van der Waals surface area contributed by atoms with Crippen LogP contribution >= 0.6 is 0 Å². The number of unbranched alkanes of at least 4 members (excludes halogenated alkanes) is 5. The van der Waals surface area contributed by atoms with Crippen LogP contribution in [0.15, 0.2) is 60.9 Å². The van der Waals surface area contributed by atoms with Gasteiger partial charge in [-0.15, -0.1) is 0 Å². The van der Waals surface area contributed by atoms with Crippen LogP contribution in [0.2, 0.25) is 0 Å². The summed E-state index contributed by atoms with van der Waals surface area (Å²) < 4.78 is 11.3. The summed E-state index contributed by atoms with van der Waals surface area (Å²) in [6.07, 6.45) is 11.0. The van der Waals surface area contributed by atoms with Crippen molar-refractivity contribution in [3.05, 3.63) is 66.5 Å². The van der Waals surface area contributed by atoms with E-state index in [0.717, 1.165) is 47.5 Å². The van der Waals surface area contributed by atoms with E-state index in [0.29, 0.717) is 5.82 Å². The number of hydrogen-bond acceptors (Lipinski definition) is 5. The van der Waals surface area contributed by atoms with Crippen LogP contribution in [0.5, 0.6) is 5.75 Å².